The summed E-state index contributed by atoms with van der Waals surface area (Å²) in [4.78, 5) is 14.9. The zero-order chi connectivity index (χ0) is 19.8. The van der Waals surface area contributed by atoms with Crippen LogP contribution in [-0.2, 0) is 16.4 Å². The Kier molecular flexibility index (Phi) is 5.39. The number of aryl methyl sites for hydroxylation is 2. The Balaban J connectivity index is 1.89. The highest BCUT2D eigenvalue weighted by molar-refractivity contribution is 7.89. The van der Waals surface area contributed by atoms with E-state index in [0.29, 0.717) is 24.2 Å². The molecule has 146 valence electrons. The quantitative estimate of drug-likeness (QED) is 0.834. The molecule has 0 spiro atoms. The second-order valence-corrected chi connectivity index (χ2v) is 8.74. The molecule has 1 atom stereocenters. The number of benzene rings is 1. The summed E-state index contributed by atoms with van der Waals surface area (Å²) in [5.74, 6) is 0.0506. The van der Waals surface area contributed by atoms with Gasteiger partial charge in [0.25, 0.3) is 5.91 Å². The Morgan fingerprint density at radius 1 is 1.37 bits per heavy atom. The summed E-state index contributed by atoms with van der Waals surface area (Å²) in [5, 5.41) is 12.6. The van der Waals surface area contributed by atoms with Crippen molar-refractivity contribution in [2.24, 2.45) is 5.14 Å². The molecule has 1 saturated heterocycles. The number of hydrogen-bond acceptors (Lipinski definition) is 4. The average Bonchev–Trinajstić information content (AvgIpc) is 3.11. The van der Waals surface area contributed by atoms with Gasteiger partial charge in [-0.2, -0.15) is 5.10 Å². The van der Waals surface area contributed by atoms with Crippen LogP contribution in [0.1, 0.15) is 58.4 Å². The van der Waals surface area contributed by atoms with Crippen LogP contribution in [-0.4, -0.2) is 42.5 Å². The number of nitrogens with one attached hydrogen (secondary N) is 1. The van der Waals surface area contributed by atoms with Crippen LogP contribution in [0.25, 0.3) is 0 Å². The molecule has 27 heavy (non-hydrogen) atoms. The highest BCUT2D eigenvalue weighted by Crippen LogP contribution is 2.29. The van der Waals surface area contributed by atoms with Gasteiger partial charge < -0.3 is 4.90 Å². The fraction of sp³-hybridized carbons (Fsp3) is 0.474. The number of piperidine rings is 1. The number of aromatic amines is 1. The first kappa shape index (κ1) is 19.6. The first-order valence-corrected chi connectivity index (χ1v) is 10.7. The smallest absolute Gasteiger partial charge is 0.253 e. The van der Waals surface area contributed by atoms with E-state index in [9.17, 15) is 13.2 Å². The maximum atomic E-state index is 13.1. The van der Waals surface area contributed by atoms with Crippen LogP contribution >= 0.6 is 0 Å². The highest BCUT2D eigenvalue weighted by atomic mass is 32.2. The second kappa shape index (κ2) is 7.44. The molecule has 1 fully saturated rings. The molecule has 0 radical (unpaired) electrons. The molecular weight excluding hydrogens is 364 g/mol. The molecular formula is C19H26N4O3S. The van der Waals surface area contributed by atoms with Crippen LogP contribution in [0.5, 0.6) is 0 Å². The number of carbonyl (C=O) groups excluding carboxylic acids is 1. The van der Waals surface area contributed by atoms with Gasteiger partial charge in [-0.25, -0.2) is 13.6 Å². The minimum atomic E-state index is -3.88. The van der Waals surface area contributed by atoms with E-state index in [2.05, 4.69) is 17.1 Å². The monoisotopic (exact) mass is 390 g/mol. The number of H-pyrrole nitrogens is 1. The Labute approximate surface area is 160 Å². The number of aromatic nitrogens is 2. The summed E-state index contributed by atoms with van der Waals surface area (Å²) in [7, 11) is -3.88. The molecule has 3 rings (SSSR count). The number of nitrogens with zero attached hydrogens (tertiary/aromatic N) is 2. The lowest BCUT2D eigenvalue weighted by Gasteiger charge is -2.33. The Morgan fingerprint density at radius 3 is 2.78 bits per heavy atom. The van der Waals surface area contributed by atoms with Gasteiger partial charge in [0.15, 0.2) is 0 Å². The van der Waals surface area contributed by atoms with E-state index in [-0.39, 0.29) is 16.7 Å². The zero-order valence-corrected chi connectivity index (χ0v) is 16.8. The molecule has 2 heterocycles. The van der Waals surface area contributed by atoms with Crippen molar-refractivity contribution in [3.63, 3.8) is 0 Å². The predicted molar refractivity (Wildman–Crippen MR) is 103 cm³/mol. The molecule has 1 aromatic carbocycles. The molecule has 0 unspecified atom stereocenters. The van der Waals surface area contributed by atoms with E-state index in [4.69, 9.17) is 5.14 Å². The van der Waals surface area contributed by atoms with Crippen LogP contribution in [0.3, 0.4) is 0 Å². The number of primary sulfonamides is 1. The Hall–Kier alpha value is -2.19. The van der Waals surface area contributed by atoms with Gasteiger partial charge in [0.2, 0.25) is 10.0 Å². The van der Waals surface area contributed by atoms with E-state index in [0.717, 1.165) is 30.5 Å². The molecule has 8 heteroatoms. The third kappa shape index (κ3) is 3.91. The molecule has 1 aliphatic heterocycles. The topological polar surface area (TPSA) is 109 Å². The van der Waals surface area contributed by atoms with Crippen LogP contribution in [0.4, 0.5) is 0 Å². The third-order valence-electron chi connectivity index (χ3n) is 5.42. The number of amides is 1. The number of rotatable bonds is 4. The molecule has 0 aliphatic carbocycles. The lowest BCUT2D eigenvalue weighted by molar-refractivity contribution is 0.0705. The standard InChI is InChI=1S/C19H26N4O3S/c1-4-14-10-21-22-18(14)15-6-5-7-23(11-15)19(24)16-8-12(2)13(3)17(9-16)27(20,25)26/h8-10,15H,4-7,11H2,1-3H3,(H,21,22)(H2,20,25,26)/t15-/m1/s1. The van der Waals surface area contributed by atoms with Crippen molar-refractivity contribution >= 4 is 15.9 Å². The van der Waals surface area contributed by atoms with Gasteiger partial charge in [-0.1, -0.05) is 6.92 Å². The highest BCUT2D eigenvalue weighted by Gasteiger charge is 2.28. The summed E-state index contributed by atoms with van der Waals surface area (Å²) in [6.07, 6.45) is 4.63. The summed E-state index contributed by atoms with van der Waals surface area (Å²) < 4.78 is 23.8. The van der Waals surface area contributed by atoms with Crippen LogP contribution < -0.4 is 5.14 Å². The van der Waals surface area contributed by atoms with Gasteiger partial charge >= 0.3 is 0 Å². The minimum absolute atomic E-state index is 0.0150. The second-order valence-electron chi connectivity index (χ2n) is 7.21. The van der Waals surface area contributed by atoms with Gasteiger partial charge in [0.05, 0.1) is 11.1 Å². The zero-order valence-electron chi connectivity index (χ0n) is 15.9. The molecule has 1 aromatic heterocycles. The first-order chi connectivity index (χ1) is 12.7. The van der Waals surface area contributed by atoms with Crippen molar-refractivity contribution in [1.29, 1.82) is 0 Å². The number of likely N-dealkylation sites (tertiary alicyclic amines) is 1. The maximum absolute atomic E-state index is 13.1. The largest absolute Gasteiger partial charge is 0.338 e. The molecule has 3 N–H and O–H groups in total. The van der Waals surface area contributed by atoms with E-state index in [1.165, 1.54) is 11.6 Å². The Morgan fingerprint density at radius 2 is 2.11 bits per heavy atom. The van der Waals surface area contributed by atoms with Gasteiger partial charge in [-0.05, 0) is 61.9 Å². The predicted octanol–water partition coefficient (Wildman–Crippen LogP) is 2.26. The number of sulfonamides is 1. The van der Waals surface area contributed by atoms with E-state index in [1.807, 2.05) is 6.20 Å². The van der Waals surface area contributed by atoms with Crippen molar-refractivity contribution in [3.8, 4) is 0 Å². The Bertz CT molecular complexity index is 965. The lowest BCUT2D eigenvalue weighted by Crippen LogP contribution is -2.39. The molecule has 0 bridgehead atoms. The summed E-state index contributed by atoms with van der Waals surface area (Å²) in [6.45, 7) is 6.82. The van der Waals surface area contributed by atoms with Crippen molar-refractivity contribution in [1.82, 2.24) is 15.1 Å². The molecule has 2 aromatic rings. The number of hydrogen-bond donors (Lipinski definition) is 2. The first-order valence-electron chi connectivity index (χ1n) is 9.17. The van der Waals surface area contributed by atoms with Crippen LogP contribution in [0.2, 0.25) is 0 Å². The third-order valence-corrected chi connectivity index (χ3v) is 6.46. The van der Waals surface area contributed by atoms with Gasteiger partial charge in [0.1, 0.15) is 0 Å². The SMILES string of the molecule is CCc1cn[nH]c1[C@@H]1CCCN(C(=O)c2cc(C)c(C)c(S(N)(=O)=O)c2)C1. The van der Waals surface area contributed by atoms with Gasteiger partial charge in [0, 0.05) is 30.3 Å². The van der Waals surface area contributed by atoms with Gasteiger partial charge in [-0.3, -0.25) is 9.89 Å². The van der Waals surface area contributed by atoms with Gasteiger partial charge in [-0.15, -0.1) is 0 Å². The van der Waals surface area contributed by atoms with E-state index in [1.54, 1.807) is 24.8 Å². The van der Waals surface area contributed by atoms with Crippen molar-refractivity contribution in [3.05, 3.63) is 46.3 Å². The normalized spacial score (nSPS) is 17.9. The van der Waals surface area contributed by atoms with Crippen molar-refractivity contribution in [2.75, 3.05) is 13.1 Å². The maximum Gasteiger partial charge on any atom is 0.253 e. The molecule has 0 saturated carbocycles. The summed E-state index contributed by atoms with van der Waals surface area (Å²) in [6, 6.07) is 3.14. The fourth-order valence-corrected chi connectivity index (χ4v) is 4.66. The van der Waals surface area contributed by atoms with Crippen LogP contribution in [0, 0.1) is 13.8 Å². The molecule has 1 aliphatic rings. The minimum Gasteiger partial charge on any atom is -0.338 e. The van der Waals surface area contributed by atoms with E-state index < -0.39 is 10.0 Å². The number of carbonyl (C=O) groups is 1. The van der Waals surface area contributed by atoms with Crippen LogP contribution in [0.15, 0.2) is 23.2 Å². The fourth-order valence-electron chi connectivity index (χ4n) is 3.78. The molecule has 1 amide bonds. The van der Waals surface area contributed by atoms with Crippen molar-refractivity contribution in [2.45, 2.75) is 50.8 Å². The van der Waals surface area contributed by atoms with Crippen molar-refractivity contribution < 1.29 is 13.2 Å². The summed E-state index contributed by atoms with van der Waals surface area (Å²) in [5.41, 5.74) is 3.95. The summed E-state index contributed by atoms with van der Waals surface area (Å²) >= 11 is 0. The molecule has 7 nitrogen and oxygen atoms in total. The lowest BCUT2D eigenvalue weighted by atomic mass is 9.91. The van der Waals surface area contributed by atoms with E-state index >= 15 is 0 Å². The number of nitrogens with two attached hydrogens (primary N) is 1. The average molecular weight is 391 g/mol.